The summed E-state index contributed by atoms with van der Waals surface area (Å²) in [5.41, 5.74) is 2.18. The lowest BCUT2D eigenvalue weighted by atomic mass is 10.0. The maximum Gasteiger partial charge on any atom is 0.242 e. The van der Waals surface area contributed by atoms with Crippen molar-refractivity contribution < 1.29 is 9.59 Å². The zero-order valence-corrected chi connectivity index (χ0v) is 14.1. The quantitative estimate of drug-likeness (QED) is 0.898. The number of nitrogens with one attached hydrogen (secondary N) is 2. The van der Waals surface area contributed by atoms with Gasteiger partial charge in [0.05, 0.1) is 0 Å². The van der Waals surface area contributed by atoms with Gasteiger partial charge in [0.25, 0.3) is 0 Å². The summed E-state index contributed by atoms with van der Waals surface area (Å²) in [7, 11) is 0. The summed E-state index contributed by atoms with van der Waals surface area (Å²) < 4.78 is 0. The molecule has 0 saturated heterocycles. The molecule has 3 atom stereocenters. The fourth-order valence-electron chi connectivity index (χ4n) is 2.70. The van der Waals surface area contributed by atoms with Gasteiger partial charge in [0, 0.05) is 11.5 Å². The van der Waals surface area contributed by atoms with E-state index in [2.05, 4.69) is 29.7 Å². The average molecular weight is 302 g/mol. The molecule has 4 heteroatoms. The Labute approximate surface area is 132 Å². The Hall–Kier alpha value is -1.84. The summed E-state index contributed by atoms with van der Waals surface area (Å²) in [6.45, 7) is 9.57. The van der Waals surface area contributed by atoms with Gasteiger partial charge in [-0.3, -0.25) is 9.59 Å². The summed E-state index contributed by atoms with van der Waals surface area (Å²) in [5, 5.41) is 5.71. The van der Waals surface area contributed by atoms with Gasteiger partial charge in [-0.15, -0.1) is 0 Å². The van der Waals surface area contributed by atoms with Gasteiger partial charge in [-0.25, -0.2) is 0 Å². The van der Waals surface area contributed by atoms with Crippen molar-refractivity contribution in [2.45, 2.75) is 58.5 Å². The second-order valence-electron chi connectivity index (χ2n) is 7.27. The lowest BCUT2D eigenvalue weighted by Gasteiger charge is -2.23. The average Bonchev–Trinajstić information content (AvgIpc) is 3.17. The molecule has 22 heavy (non-hydrogen) atoms. The molecule has 0 radical (unpaired) electrons. The first kappa shape index (κ1) is 16.5. The Bertz CT molecular complexity index is 575. The number of carbonyl (C=O) groups is 2. The predicted molar refractivity (Wildman–Crippen MR) is 87.5 cm³/mol. The normalized spacial score (nSPS) is 21.9. The third-order valence-corrected chi connectivity index (χ3v) is 3.97. The van der Waals surface area contributed by atoms with E-state index in [-0.39, 0.29) is 23.3 Å². The van der Waals surface area contributed by atoms with Crippen molar-refractivity contribution in [2.24, 2.45) is 5.92 Å². The molecule has 4 nitrogen and oxygen atoms in total. The van der Waals surface area contributed by atoms with Crippen LogP contribution >= 0.6 is 0 Å². The topological polar surface area (TPSA) is 58.2 Å². The molecule has 120 valence electrons. The highest BCUT2D eigenvalue weighted by molar-refractivity contribution is 5.90. The van der Waals surface area contributed by atoms with Crippen LogP contribution in [0.3, 0.4) is 0 Å². The molecule has 0 aromatic heterocycles. The zero-order valence-electron chi connectivity index (χ0n) is 14.1. The molecule has 1 saturated carbocycles. The molecular weight excluding hydrogens is 276 g/mol. The van der Waals surface area contributed by atoms with E-state index in [4.69, 9.17) is 0 Å². The Morgan fingerprint density at radius 2 is 1.86 bits per heavy atom. The van der Waals surface area contributed by atoms with Gasteiger partial charge in [0.1, 0.15) is 6.04 Å². The molecule has 0 unspecified atom stereocenters. The second kappa shape index (κ2) is 6.11. The Balaban J connectivity index is 1.89. The van der Waals surface area contributed by atoms with E-state index in [1.165, 1.54) is 11.1 Å². The molecule has 0 heterocycles. The molecular formula is C18H26N2O2. The van der Waals surface area contributed by atoms with Crippen LogP contribution in [0.15, 0.2) is 24.3 Å². The smallest absolute Gasteiger partial charge is 0.242 e. The lowest BCUT2D eigenvalue weighted by molar-refractivity contribution is -0.130. The van der Waals surface area contributed by atoms with Crippen molar-refractivity contribution in [2.75, 3.05) is 0 Å². The van der Waals surface area contributed by atoms with Gasteiger partial charge < -0.3 is 10.6 Å². The minimum absolute atomic E-state index is 0.00835. The highest BCUT2D eigenvalue weighted by Gasteiger charge is 2.45. The van der Waals surface area contributed by atoms with Crippen molar-refractivity contribution in [1.82, 2.24) is 10.6 Å². The molecule has 1 fully saturated rings. The number of rotatable bonds is 4. The van der Waals surface area contributed by atoms with Crippen LogP contribution in [0.1, 0.15) is 51.2 Å². The van der Waals surface area contributed by atoms with Crippen molar-refractivity contribution in [1.29, 1.82) is 0 Å². The highest BCUT2D eigenvalue weighted by atomic mass is 16.2. The first-order valence-electron chi connectivity index (χ1n) is 7.87. The Morgan fingerprint density at radius 1 is 1.23 bits per heavy atom. The highest BCUT2D eigenvalue weighted by Crippen LogP contribution is 2.48. The SMILES string of the molecule is Cc1ccccc1[C@@H]1C[C@@H]1C(=O)N[C@@H](C)C(=O)NC(C)(C)C. The second-order valence-corrected chi connectivity index (χ2v) is 7.27. The predicted octanol–water partition coefficient (Wildman–Crippen LogP) is 2.52. The van der Waals surface area contributed by atoms with Crippen LogP contribution in [-0.2, 0) is 9.59 Å². The fourth-order valence-corrected chi connectivity index (χ4v) is 2.70. The fraction of sp³-hybridized carbons (Fsp3) is 0.556. The number of hydrogen-bond donors (Lipinski definition) is 2. The van der Waals surface area contributed by atoms with Crippen LogP contribution in [0.5, 0.6) is 0 Å². The van der Waals surface area contributed by atoms with Gasteiger partial charge in [0.15, 0.2) is 0 Å². The Morgan fingerprint density at radius 3 is 2.45 bits per heavy atom. The molecule has 0 bridgehead atoms. The molecule has 1 aromatic rings. The summed E-state index contributed by atoms with van der Waals surface area (Å²) in [6, 6.07) is 7.67. The summed E-state index contributed by atoms with van der Waals surface area (Å²) >= 11 is 0. The molecule has 0 spiro atoms. The maximum absolute atomic E-state index is 12.3. The van der Waals surface area contributed by atoms with Gasteiger partial charge >= 0.3 is 0 Å². The van der Waals surface area contributed by atoms with Crippen LogP contribution in [0, 0.1) is 12.8 Å². The first-order valence-corrected chi connectivity index (χ1v) is 7.87. The number of aryl methyl sites for hydroxylation is 1. The first-order chi connectivity index (χ1) is 10.2. The number of benzene rings is 1. The van der Waals surface area contributed by atoms with Crippen molar-refractivity contribution >= 4 is 11.8 Å². The minimum atomic E-state index is -0.509. The van der Waals surface area contributed by atoms with Crippen LogP contribution in [0.2, 0.25) is 0 Å². The van der Waals surface area contributed by atoms with Crippen molar-refractivity contribution in [3.8, 4) is 0 Å². The van der Waals surface area contributed by atoms with Crippen LogP contribution < -0.4 is 10.6 Å². The van der Waals surface area contributed by atoms with E-state index in [1.54, 1.807) is 6.92 Å². The molecule has 0 aliphatic heterocycles. The van der Waals surface area contributed by atoms with Crippen molar-refractivity contribution in [3.05, 3.63) is 35.4 Å². The third-order valence-electron chi connectivity index (χ3n) is 3.97. The van der Waals surface area contributed by atoms with Crippen LogP contribution in [-0.4, -0.2) is 23.4 Å². The zero-order chi connectivity index (χ0) is 16.5. The molecule has 1 aromatic carbocycles. The number of carbonyl (C=O) groups excluding carboxylic acids is 2. The number of amides is 2. The summed E-state index contributed by atoms with van der Waals surface area (Å²) in [5.74, 6) is 0.115. The molecule has 2 N–H and O–H groups in total. The minimum Gasteiger partial charge on any atom is -0.350 e. The van der Waals surface area contributed by atoms with E-state index >= 15 is 0 Å². The van der Waals surface area contributed by atoms with Crippen molar-refractivity contribution in [3.63, 3.8) is 0 Å². The van der Waals surface area contributed by atoms with Gasteiger partial charge in [-0.2, -0.15) is 0 Å². The maximum atomic E-state index is 12.3. The van der Waals surface area contributed by atoms with E-state index < -0.39 is 6.04 Å². The lowest BCUT2D eigenvalue weighted by Crippen LogP contribution is -2.51. The molecule has 1 aliphatic rings. The standard InChI is InChI=1S/C18H26N2O2/c1-11-8-6-7-9-13(11)14-10-15(14)17(22)19-12(2)16(21)20-18(3,4)5/h6-9,12,14-15H,10H2,1-5H3,(H,19,22)(H,20,21)/t12-,14-,15-/m0/s1. The van der Waals surface area contributed by atoms with E-state index in [9.17, 15) is 9.59 Å². The largest absolute Gasteiger partial charge is 0.350 e. The summed E-state index contributed by atoms with van der Waals surface area (Å²) in [6.07, 6.45) is 0.865. The van der Waals surface area contributed by atoms with E-state index in [0.717, 1.165) is 6.42 Å². The van der Waals surface area contributed by atoms with Crippen LogP contribution in [0.4, 0.5) is 0 Å². The van der Waals surface area contributed by atoms with Gasteiger partial charge in [-0.05, 0) is 58.1 Å². The van der Waals surface area contributed by atoms with Gasteiger partial charge in [0.2, 0.25) is 11.8 Å². The van der Waals surface area contributed by atoms with Gasteiger partial charge in [-0.1, -0.05) is 24.3 Å². The molecule has 1 aliphatic carbocycles. The van der Waals surface area contributed by atoms with E-state index in [1.807, 2.05) is 32.9 Å². The van der Waals surface area contributed by atoms with E-state index in [0.29, 0.717) is 5.92 Å². The Kier molecular flexibility index (Phi) is 4.59. The number of hydrogen-bond acceptors (Lipinski definition) is 2. The third kappa shape index (κ3) is 4.09. The molecule has 2 rings (SSSR count). The van der Waals surface area contributed by atoms with Crippen LogP contribution in [0.25, 0.3) is 0 Å². The monoisotopic (exact) mass is 302 g/mol. The summed E-state index contributed by atoms with van der Waals surface area (Å²) in [4.78, 5) is 24.3. The molecule has 2 amide bonds.